The molecule has 32 heavy (non-hydrogen) atoms. The monoisotopic (exact) mass is 428 g/mol. The van der Waals surface area contributed by atoms with Crippen molar-refractivity contribution in [2.24, 2.45) is 0 Å². The second kappa shape index (κ2) is 8.15. The summed E-state index contributed by atoms with van der Waals surface area (Å²) in [6.07, 6.45) is 1.72. The van der Waals surface area contributed by atoms with E-state index in [2.05, 4.69) is 41.1 Å². The molecule has 4 aromatic rings. The first kappa shape index (κ1) is 21.1. The molecule has 160 valence electrons. The summed E-state index contributed by atoms with van der Waals surface area (Å²) >= 11 is 0. The van der Waals surface area contributed by atoms with Crippen molar-refractivity contribution in [1.29, 1.82) is 5.26 Å². The molecule has 0 atom stereocenters. The van der Waals surface area contributed by atoms with Crippen molar-refractivity contribution in [3.8, 4) is 28.7 Å². The van der Waals surface area contributed by atoms with E-state index < -0.39 is 5.82 Å². The second-order valence-electron chi connectivity index (χ2n) is 8.34. The van der Waals surface area contributed by atoms with E-state index in [1.54, 1.807) is 23.0 Å². The summed E-state index contributed by atoms with van der Waals surface area (Å²) in [5, 5.41) is 17.4. The van der Waals surface area contributed by atoms with Gasteiger partial charge in [-0.25, -0.2) is 19.0 Å². The molecule has 0 aliphatic rings. The number of hydrogen-bond acceptors (Lipinski definition) is 7. The molecule has 0 bridgehead atoms. The van der Waals surface area contributed by atoms with Crippen molar-refractivity contribution in [3.05, 3.63) is 71.4 Å². The number of pyridine rings is 1. The van der Waals surface area contributed by atoms with E-state index in [0.717, 1.165) is 11.4 Å². The summed E-state index contributed by atoms with van der Waals surface area (Å²) in [5.74, 6) is -0.694. The van der Waals surface area contributed by atoms with Crippen molar-refractivity contribution in [2.75, 3.05) is 5.73 Å². The molecule has 0 spiro atoms. The number of anilines is 1. The average Bonchev–Trinajstić information content (AvgIpc) is 3.21. The summed E-state index contributed by atoms with van der Waals surface area (Å²) in [6.45, 7) is 6.76. The number of nitrogens with zero attached hydrogens (tertiary/aromatic N) is 7. The number of halogens is 1. The Bertz CT molecular complexity index is 1330. The molecule has 0 aliphatic heterocycles. The minimum Gasteiger partial charge on any atom is -0.368 e. The average molecular weight is 428 g/mol. The lowest BCUT2D eigenvalue weighted by atomic mass is 9.91. The van der Waals surface area contributed by atoms with Gasteiger partial charge < -0.3 is 5.73 Å². The normalized spacial score (nSPS) is 11.3. The number of rotatable bonds is 4. The standard InChI is InChI=1S/C23H21FN8/c1-23(2,3)20-9-5-7-15(27-20)12-32-13-19(30-31-32)18-10-17(28-22(26)29-18)16-8-4-6-14(11-25)21(16)24/h4-10,13H,12H2,1-3H3,(H2,26,28,29). The first-order valence-corrected chi connectivity index (χ1v) is 9.95. The number of nitrogens with two attached hydrogens (primary N) is 1. The molecule has 0 saturated carbocycles. The third-order valence-corrected chi connectivity index (χ3v) is 4.84. The Morgan fingerprint density at radius 3 is 2.53 bits per heavy atom. The Balaban J connectivity index is 1.65. The Kier molecular flexibility index (Phi) is 5.36. The van der Waals surface area contributed by atoms with E-state index in [4.69, 9.17) is 16.0 Å². The topological polar surface area (TPSA) is 119 Å². The molecule has 3 aromatic heterocycles. The van der Waals surface area contributed by atoms with Crippen LogP contribution in [-0.2, 0) is 12.0 Å². The quantitative estimate of drug-likeness (QED) is 0.526. The summed E-state index contributed by atoms with van der Waals surface area (Å²) in [5.41, 5.74) is 8.87. The van der Waals surface area contributed by atoms with Crippen molar-refractivity contribution >= 4 is 5.95 Å². The largest absolute Gasteiger partial charge is 0.368 e. The van der Waals surface area contributed by atoms with Crippen LogP contribution in [0, 0.1) is 17.1 Å². The van der Waals surface area contributed by atoms with E-state index in [0.29, 0.717) is 17.9 Å². The molecule has 0 aliphatic carbocycles. The summed E-state index contributed by atoms with van der Waals surface area (Å²) in [4.78, 5) is 13.1. The number of benzene rings is 1. The van der Waals surface area contributed by atoms with E-state index in [-0.39, 0.29) is 28.2 Å². The third-order valence-electron chi connectivity index (χ3n) is 4.84. The van der Waals surface area contributed by atoms with Crippen molar-refractivity contribution in [1.82, 2.24) is 29.9 Å². The highest BCUT2D eigenvalue weighted by molar-refractivity contribution is 5.68. The lowest BCUT2D eigenvalue weighted by Crippen LogP contribution is -2.15. The Labute approximate surface area is 184 Å². The van der Waals surface area contributed by atoms with Gasteiger partial charge in [-0.3, -0.25) is 4.98 Å². The van der Waals surface area contributed by atoms with Gasteiger partial charge in [0.1, 0.15) is 17.6 Å². The molecule has 0 saturated heterocycles. The van der Waals surface area contributed by atoms with Gasteiger partial charge in [-0.2, -0.15) is 5.26 Å². The van der Waals surface area contributed by atoms with E-state index in [1.165, 1.54) is 12.1 Å². The first-order valence-electron chi connectivity index (χ1n) is 9.95. The van der Waals surface area contributed by atoms with Gasteiger partial charge in [0.15, 0.2) is 0 Å². The molecular weight excluding hydrogens is 407 g/mol. The van der Waals surface area contributed by atoms with Gasteiger partial charge in [0.05, 0.1) is 35.4 Å². The molecule has 0 fully saturated rings. The SMILES string of the molecule is CC(C)(C)c1cccc(Cn2cc(-c3cc(-c4cccc(C#N)c4F)nc(N)n3)nn2)n1. The molecule has 1 aromatic carbocycles. The Morgan fingerprint density at radius 1 is 1.03 bits per heavy atom. The molecule has 3 heterocycles. The van der Waals surface area contributed by atoms with Crippen LogP contribution in [-0.4, -0.2) is 29.9 Å². The number of aromatic nitrogens is 6. The fraction of sp³-hybridized carbons (Fsp3) is 0.217. The molecule has 2 N–H and O–H groups in total. The molecule has 4 rings (SSSR count). The van der Waals surface area contributed by atoms with E-state index in [9.17, 15) is 4.39 Å². The number of nitriles is 1. The molecule has 0 unspecified atom stereocenters. The highest BCUT2D eigenvalue weighted by Crippen LogP contribution is 2.27. The van der Waals surface area contributed by atoms with Crippen molar-refractivity contribution < 1.29 is 4.39 Å². The fourth-order valence-electron chi connectivity index (χ4n) is 3.20. The van der Waals surface area contributed by atoms with Crippen LogP contribution in [0.3, 0.4) is 0 Å². The fourth-order valence-corrected chi connectivity index (χ4v) is 3.20. The molecule has 9 heteroatoms. The van der Waals surface area contributed by atoms with Gasteiger partial charge in [-0.1, -0.05) is 38.1 Å². The molecule has 0 amide bonds. The van der Waals surface area contributed by atoms with Gasteiger partial charge in [-0.15, -0.1) is 5.10 Å². The number of hydrogen-bond donors (Lipinski definition) is 1. The van der Waals surface area contributed by atoms with E-state index in [1.807, 2.05) is 24.3 Å². The maximum Gasteiger partial charge on any atom is 0.221 e. The predicted molar refractivity (Wildman–Crippen MR) is 118 cm³/mol. The number of nitrogen functional groups attached to an aromatic ring is 1. The zero-order chi connectivity index (χ0) is 22.9. The lowest BCUT2D eigenvalue weighted by molar-refractivity contribution is 0.559. The smallest absolute Gasteiger partial charge is 0.221 e. The maximum absolute atomic E-state index is 14.6. The van der Waals surface area contributed by atoms with Crippen LogP contribution in [0.4, 0.5) is 10.3 Å². The molecule has 8 nitrogen and oxygen atoms in total. The molecular formula is C23H21FN8. The summed E-state index contributed by atoms with van der Waals surface area (Å²) in [7, 11) is 0. The van der Waals surface area contributed by atoms with Crippen LogP contribution in [0.1, 0.15) is 37.7 Å². The third kappa shape index (κ3) is 4.30. The van der Waals surface area contributed by atoms with Crippen LogP contribution in [0.25, 0.3) is 22.6 Å². The Morgan fingerprint density at radius 2 is 1.78 bits per heavy atom. The van der Waals surface area contributed by atoms with Crippen LogP contribution in [0.5, 0.6) is 0 Å². The van der Waals surface area contributed by atoms with Gasteiger partial charge in [-0.05, 0) is 30.3 Å². The predicted octanol–water partition coefficient (Wildman–Crippen LogP) is 3.74. The van der Waals surface area contributed by atoms with Crippen molar-refractivity contribution in [2.45, 2.75) is 32.7 Å². The van der Waals surface area contributed by atoms with Crippen LogP contribution >= 0.6 is 0 Å². The first-order chi connectivity index (χ1) is 15.2. The zero-order valence-corrected chi connectivity index (χ0v) is 17.9. The van der Waals surface area contributed by atoms with Crippen LogP contribution in [0.2, 0.25) is 0 Å². The second-order valence-corrected chi connectivity index (χ2v) is 8.34. The minimum atomic E-state index is -0.660. The van der Waals surface area contributed by atoms with E-state index >= 15 is 0 Å². The van der Waals surface area contributed by atoms with Crippen molar-refractivity contribution in [3.63, 3.8) is 0 Å². The maximum atomic E-state index is 14.6. The van der Waals surface area contributed by atoms with Gasteiger partial charge >= 0.3 is 0 Å². The zero-order valence-electron chi connectivity index (χ0n) is 17.9. The van der Waals surface area contributed by atoms with Crippen LogP contribution in [0.15, 0.2) is 48.7 Å². The highest BCUT2D eigenvalue weighted by atomic mass is 19.1. The lowest BCUT2D eigenvalue weighted by Gasteiger charge is -2.18. The van der Waals surface area contributed by atoms with Gasteiger partial charge in [0.2, 0.25) is 5.95 Å². The van der Waals surface area contributed by atoms with Gasteiger partial charge in [0, 0.05) is 16.7 Å². The summed E-state index contributed by atoms with van der Waals surface area (Å²) < 4.78 is 16.3. The summed E-state index contributed by atoms with van der Waals surface area (Å²) in [6, 6.07) is 13.8. The Hall–Kier alpha value is -4.19. The van der Waals surface area contributed by atoms with Gasteiger partial charge in [0.25, 0.3) is 0 Å². The minimum absolute atomic E-state index is 0.0339. The highest BCUT2D eigenvalue weighted by Gasteiger charge is 2.17. The van der Waals surface area contributed by atoms with Crippen LogP contribution < -0.4 is 5.73 Å². The molecule has 0 radical (unpaired) electrons.